The van der Waals surface area contributed by atoms with Crippen LogP contribution >= 0.6 is 0 Å². The molecule has 0 aliphatic carbocycles. The monoisotopic (exact) mass is 432 g/mol. The molecule has 3 N–H and O–H groups in total. The van der Waals surface area contributed by atoms with Gasteiger partial charge >= 0.3 is 6.03 Å². The van der Waals surface area contributed by atoms with Crippen molar-refractivity contribution in [2.24, 2.45) is 0 Å². The highest BCUT2D eigenvalue weighted by molar-refractivity contribution is 6.09. The Morgan fingerprint density at radius 1 is 1.09 bits per heavy atom. The smallest absolute Gasteiger partial charge is 0.325 e. The van der Waals surface area contributed by atoms with Crippen molar-refractivity contribution in [2.75, 3.05) is 13.1 Å². The molecular weight excluding hydrogens is 404 g/mol. The first kappa shape index (κ1) is 21.6. The van der Waals surface area contributed by atoms with Crippen LogP contribution in [0.15, 0.2) is 54.7 Å². The summed E-state index contributed by atoms with van der Waals surface area (Å²) in [5.41, 5.74) is 2.82. The number of imide groups is 1. The molecule has 32 heavy (non-hydrogen) atoms. The molecule has 2 aromatic carbocycles. The molecule has 2 heterocycles. The third-order valence-corrected chi connectivity index (χ3v) is 6.12. The summed E-state index contributed by atoms with van der Waals surface area (Å²) < 4.78 is 0. The van der Waals surface area contributed by atoms with Crippen LogP contribution in [0.4, 0.5) is 4.79 Å². The molecule has 3 aromatic rings. The molecule has 1 atom stereocenters. The number of benzene rings is 2. The van der Waals surface area contributed by atoms with E-state index >= 15 is 0 Å². The molecule has 1 saturated heterocycles. The van der Waals surface area contributed by atoms with Crippen molar-refractivity contribution < 1.29 is 14.4 Å². The molecule has 166 valence electrons. The predicted octanol–water partition coefficient (Wildman–Crippen LogP) is 3.42. The number of para-hydroxylation sites is 1. The number of H-pyrrole nitrogens is 1. The van der Waals surface area contributed by atoms with E-state index < -0.39 is 17.5 Å². The summed E-state index contributed by atoms with van der Waals surface area (Å²) in [5, 5.41) is 6.69. The van der Waals surface area contributed by atoms with Crippen LogP contribution in [0.5, 0.6) is 0 Å². The molecular formula is C25H28N4O3. The van der Waals surface area contributed by atoms with Crippen LogP contribution in [-0.4, -0.2) is 40.8 Å². The van der Waals surface area contributed by atoms with Gasteiger partial charge in [0.1, 0.15) is 12.1 Å². The number of amides is 4. The highest BCUT2D eigenvalue weighted by Gasteiger charge is 2.49. The zero-order chi connectivity index (χ0) is 22.9. The average molecular weight is 433 g/mol. The number of carbonyl (C=O) groups is 3. The summed E-state index contributed by atoms with van der Waals surface area (Å²) >= 11 is 0. The lowest BCUT2D eigenvalue weighted by atomic mass is 9.90. The standard InChI is InChI=1S/C25H28N4O3/c1-16(2)17-8-10-19(11-9-17)25(3)23(31)29(24(32)28-25)15-22(30)26-13-12-18-14-27-21-7-5-4-6-20(18)21/h4-11,14,16,27H,12-13,15H2,1-3H3,(H,26,30)(H,28,32). The van der Waals surface area contributed by atoms with Gasteiger partial charge in [0.15, 0.2) is 0 Å². The molecule has 1 fully saturated rings. The summed E-state index contributed by atoms with van der Waals surface area (Å²) in [6.07, 6.45) is 2.58. The molecule has 0 spiro atoms. The van der Waals surface area contributed by atoms with Crippen molar-refractivity contribution in [3.8, 4) is 0 Å². The first-order valence-electron chi connectivity index (χ1n) is 10.9. The van der Waals surface area contributed by atoms with E-state index in [1.54, 1.807) is 6.92 Å². The molecule has 0 radical (unpaired) electrons. The van der Waals surface area contributed by atoms with Crippen LogP contribution in [0.3, 0.4) is 0 Å². The minimum absolute atomic E-state index is 0.307. The van der Waals surface area contributed by atoms with Crippen molar-refractivity contribution in [3.05, 3.63) is 71.4 Å². The Kier molecular flexibility index (Phi) is 5.74. The fraction of sp³-hybridized carbons (Fsp3) is 0.320. The molecule has 1 aliphatic rings. The summed E-state index contributed by atoms with van der Waals surface area (Å²) in [6.45, 7) is 5.97. The van der Waals surface area contributed by atoms with E-state index in [-0.39, 0.29) is 12.5 Å². The SMILES string of the molecule is CC(C)c1ccc(C2(C)NC(=O)N(CC(=O)NCCc3c[nH]c4ccccc34)C2=O)cc1. The van der Waals surface area contributed by atoms with Crippen molar-refractivity contribution in [1.29, 1.82) is 0 Å². The van der Waals surface area contributed by atoms with Crippen molar-refractivity contribution >= 4 is 28.7 Å². The highest BCUT2D eigenvalue weighted by atomic mass is 16.2. The van der Waals surface area contributed by atoms with E-state index in [0.717, 1.165) is 26.9 Å². The Hall–Kier alpha value is -3.61. The Bertz CT molecular complexity index is 1170. The van der Waals surface area contributed by atoms with Crippen LogP contribution in [0.2, 0.25) is 0 Å². The Balaban J connectivity index is 1.37. The molecule has 7 nitrogen and oxygen atoms in total. The molecule has 1 unspecified atom stereocenters. The van der Waals surface area contributed by atoms with Crippen molar-refractivity contribution in [1.82, 2.24) is 20.5 Å². The lowest BCUT2D eigenvalue weighted by Crippen LogP contribution is -2.43. The number of aromatic nitrogens is 1. The maximum absolute atomic E-state index is 13.1. The number of carbonyl (C=O) groups excluding carboxylic acids is 3. The molecule has 1 aliphatic heterocycles. The van der Waals surface area contributed by atoms with Crippen LogP contribution in [0.1, 0.15) is 43.4 Å². The van der Waals surface area contributed by atoms with Crippen LogP contribution in [0, 0.1) is 0 Å². The maximum Gasteiger partial charge on any atom is 0.325 e. The van der Waals surface area contributed by atoms with Crippen LogP contribution in [-0.2, 0) is 21.5 Å². The molecule has 7 heteroatoms. The third kappa shape index (κ3) is 3.98. The fourth-order valence-electron chi connectivity index (χ4n) is 4.11. The summed E-state index contributed by atoms with van der Waals surface area (Å²) in [4.78, 5) is 42.2. The van der Waals surface area contributed by atoms with Gasteiger partial charge in [-0.2, -0.15) is 0 Å². The average Bonchev–Trinajstić information content (AvgIpc) is 3.28. The zero-order valence-electron chi connectivity index (χ0n) is 18.6. The van der Waals surface area contributed by atoms with E-state index in [9.17, 15) is 14.4 Å². The lowest BCUT2D eigenvalue weighted by Gasteiger charge is -2.22. The van der Waals surface area contributed by atoms with Crippen LogP contribution in [0.25, 0.3) is 10.9 Å². The minimum atomic E-state index is -1.18. The summed E-state index contributed by atoms with van der Waals surface area (Å²) in [7, 11) is 0. The van der Waals surface area contributed by atoms with Gasteiger partial charge in [0.05, 0.1) is 0 Å². The van der Waals surface area contributed by atoms with Gasteiger partial charge in [-0.25, -0.2) is 4.79 Å². The van der Waals surface area contributed by atoms with E-state index in [1.807, 2.05) is 54.7 Å². The third-order valence-electron chi connectivity index (χ3n) is 6.12. The topological polar surface area (TPSA) is 94.3 Å². The number of rotatable bonds is 7. The van der Waals surface area contributed by atoms with E-state index in [1.165, 1.54) is 0 Å². The molecule has 4 amide bonds. The van der Waals surface area contributed by atoms with Crippen LogP contribution < -0.4 is 10.6 Å². The molecule has 0 saturated carbocycles. The van der Waals surface area contributed by atoms with Gasteiger partial charge in [0.25, 0.3) is 5.91 Å². The van der Waals surface area contributed by atoms with E-state index in [4.69, 9.17) is 0 Å². The molecule has 0 bridgehead atoms. The van der Waals surface area contributed by atoms with Gasteiger partial charge in [-0.1, -0.05) is 56.3 Å². The second-order valence-corrected chi connectivity index (χ2v) is 8.68. The van der Waals surface area contributed by atoms with E-state index in [2.05, 4.69) is 29.5 Å². The highest BCUT2D eigenvalue weighted by Crippen LogP contribution is 2.29. The quantitative estimate of drug-likeness (QED) is 0.500. The largest absolute Gasteiger partial charge is 0.361 e. The van der Waals surface area contributed by atoms with Crippen molar-refractivity contribution in [3.63, 3.8) is 0 Å². The summed E-state index contributed by atoms with van der Waals surface area (Å²) in [6, 6.07) is 15.1. The Labute approximate surface area is 187 Å². The van der Waals surface area contributed by atoms with Crippen molar-refractivity contribution in [2.45, 2.75) is 38.6 Å². The second-order valence-electron chi connectivity index (χ2n) is 8.68. The summed E-state index contributed by atoms with van der Waals surface area (Å²) in [5.74, 6) is -0.422. The van der Waals surface area contributed by atoms with Gasteiger partial charge in [0, 0.05) is 23.6 Å². The Morgan fingerprint density at radius 3 is 2.53 bits per heavy atom. The van der Waals surface area contributed by atoms with Gasteiger partial charge in [-0.3, -0.25) is 14.5 Å². The van der Waals surface area contributed by atoms with Gasteiger partial charge in [0.2, 0.25) is 5.91 Å². The first-order chi connectivity index (χ1) is 15.3. The maximum atomic E-state index is 13.1. The minimum Gasteiger partial charge on any atom is -0.361 e. The Morgan fingerprint density at radius 2 is 1.81 bits per heavy atom. The first-order valence-corrected chi connectivity index (χ1v) is 10.9. The fourth-order valence-corrected chi connectivity index (χ4v) is 4.11. The number of nitrogens with zero attached hydrogens (tertiary/aromatic N) is 1. The predicted molar refractivity (Wildman–Crippen MR) is 123 cm³/mol. The zero-order valence-corrected chi connectivity index (χ0v) is 18.6. The van der Waals surface area contributed by atoms with Gasteiger partial charge in [-0.15, -0.1) is 0 Å². The van der Waals surface area contributed by atoms with Gasteiger partial charge < -0.3 is 15.6 Å². The number of nitrogens with one attached hydrogen (secondary N) is 3. The number of hydrogen-bond acceptors (Lipinski definition) is 3. The number of urea groups is 1. The molecule has 1 aromatic heterocycles. The second kappa shape index (κ2) is 8.49. The molecule has 4 rings (SSSR count). The normalized spacial score (nSPS) is 18.4. The number of fused-ring (bicyclic) bond motifs is 1. The lowest BCUT2D eigenvalue weighted by molar-refractivity contribution is -0.134. The van der Waals surface area contributed by atoms with Gasteiger partial charge in [-0.05, 0) is 42.0 Å². The number of hydrogen-bond donors (Lipinski definition) is 3. The number of aromatic amines is 1. The van der Waals surface area contributed by atoms with E-state index in [0.29, 0.717) is 24.4 Å².